The fourth-order valence-electron chi connectivity index (χ4n) is 1.92. The zero-order valence-corrected chi connectivity index (χ0v) is 11.4. The number of hydrogen-bond donors (Lipinski definition) is 1. The molecule has 0 atom stereocenters. The van der Waals surface area contributed by atoms with E-state index in [0.29, 0.717) is 22.8 Å². The van der Waals surface area contributed by atoms with Gasteiger partial charge < -0.3 is 10.6 Å². The van der Waals surface area contributed by atoms with Crippen molar-refractivity contribution < 1.29 is 13.2 Å². The van der Waals surface area contributed by atoms with Gasteiger partial charge >= 0.3 is 6.18 Å². The molecule has 7 heteroatoms. The minimum Gasteiger partial charge on any atom is -0.384 e. The fraction of sp³-hybridized carbons (Fsp3) is 0.308. The van der Waals surface area contributed by atoms with E-state index in [4.69, 9.17) is 5.73 Å². The first kappa shape index (κ1) is 14.2. The number of rotatable bonds is 2. The van der Waals surface area contributed by atoms with Gasteiger partial charge in [0, 0.05) is 38.5 Å². The minimum absolute atomic E-state index is 0.391. The predicted molar refractivity (Wildman–Crippen MR) is 72.4 cm³/mol. The molecule has 0 aliphatic carbocycles. The third-order valence-corrected chi connectivity index (χ3v) is 3.00. The van der Waals surface area contributed by atoms with Crippen molar-refractivity contribution in [3.8, 4) is 11.3 Å². The normalized spacial score (nSPS) is 11.7. The summed E-state index contributed by atoms with van der Waals surface area (Å²) in [5.74, 6) is 0.391. The number of nitrogen functional groups attached to an aromatic ring is 1. The van der Waals surface area contributed by atoms with Crippen LogP contribution in [-0.4, -0.2) is 23.9 Å². The number of benzene rings is 1. The lowest BCUT2D eigenvalue weighted by Gasteiger charge is -2.18. The fourth-order valence-corrected chi connectivity index (χ4v) is 1.92. The molecule has 1 heterocycles. The molecule has 0 saturated carbocycles. The summed E-state index contributed by atoms with van der Waals surface area (Å²) in [6.45, 7) is 0. The number of nitrogens with zero attached hydrogens (tertiary/aromatic N) is 3. The van der Waals surface area contributed by atoms with Crippen LogP contribution in [0.2, 0.25) is 0 Å². The van der Waals surface area contributed by atoms with E-state index in [1.54, 1.807) is 32.1 Å². The predicted octanol–water partition coefficient (Wildman–Crippen LogP) is 2.75. The number of halogens is 3. The van der Waals surface area contributed by atoms with Crippen molar-refractivity contribution in [1.29, 1.82) is 0 Å². The van der Waals surface area contributed by atoms with E-state index < -0.39 is 11.7 Å². The average molecular weight is 284 g/mol. The van der Waals surface area contributed by atoms with Crippen LogP contribution in [0, 0.1) is 0 Å². The van der Waals surface area contributed by atoms with Crippen molar-refractivity contribution in [2.45, 2.75) is 6.18 Å². The van der Waals surface area contributed by atoms with Gasteiger partial charge in [-0.3, -0.25) is 4.68 Å². The van der Waals surface area contributed by atoms with Gasteiger partial charge in [-0.25, -0.2) is 0 Å². The zero-order chi connectivity index (χ0) is 15.1. The van der Waals surface area contributed by atoms with Crippen LogP contribution >= 0.6 is 0 Å². The Bertz CT molecular complexity index is 610. The third kappa shape index (κ3) is 2.56. The maximum absolute atomic E-state index is 12.8. The van der Waals surface area contributed by atoms with Crippen molar-refractivity contribution in [3.05, 3.63) is 29.8 Å². The van der Waals surface area contributed by atoms with Gasteiger partial charge in [-0.1, -0.05) is 0 Å². The number of alkyl halides is 3. The van der Waals surface area contributed by atoms with Crippen LogP contribution in [-0.2, 0) is 13.2 Å². The topological polar surface area (TPSA) is 47.1 Å². The lowest BCUT2D eigenvalue weighted by atomic mass is 10.0. The van der Waals surface area contributed by atoms with Crippen molar-refractivity contribution in [1.82, 2.24) is 9.78 Å². The van der Waals surface area contributed by atoms with Crippen LogP contribution in [0.4, 0.5) is 24.7 Å². The van der Waals surface area contributed by atoms with Crippen LogP contribution < -0.4 is 10.6 Å². The molecule has 0 bridgehead atoms. The van der Waals surface area contributed by atoms with Gasteiger partial charge in [0.2, 0.25) is 0 Å². The molecule has 0 saturated heterocycles. The standard InChI is InChI=1S/C13H15F3N4/c1-19(2)11-5-4-8(13(14,15)16)6-9(11)10-7-12(17)20(3)18-10/h4-7H,17H2,1-3H3. The smallest absolute Gasteiger partial charge is 0.384 e. The second kappa shape index (κ2) is 4.73. The third-order valence-electron chi connectivity index (χ3n) is 3.00. The molecule has 4 nitrogen and oxygen atoms in total. The Morgan fingerprint density at radius 3 is 2.30 bits per heavy atom. The first-order chi connectivity index (χ1) is 9.20. The molecule has 0 aliphatic rings. The van der Waals surface area contributed by atoms with Crippen molar-refractivity contribution in [3.63, 3.8) is 0 Å². The van der Waals surface area contributed by atoms with Gasteiger partial charge in [-0.05, 0) is 18.2 Å². The van der Waals surface area contributed by atoms with E-state index in [2.05, 4.69) is 5.10 Å². The van der Waals surface area contributed by atoms with Crippen LogP contribution in [0.15, 0.2) is 24.3 Å². The van der Waals surface area contributed by atoms with Gasteiger partial charge in [0.15, 0.2) is 0 Å². The number of aryl methyl sites for hydroxylation is 1. The molecule has 0 fully saturated rings. The Labute approximate surface area is 114 Å². The quantitative estimate of drug-likeness (QED) is 0.922. The summed E-state index contributed by atoms with van der Waals surface area (Å²) < 4.78 is 39.9. The molecule has 0 spiro atoms. The van der Waals surface area contributed by atoms with E-state index in [-0.39, 0.29) is 0 Å². The molecule has 0 unspecified atom stereocenters. The van der Waals surface area contributed by atoms with Gasteiger partial charge in [-0.2, -0.15) is 18.3 Å². The largest absolute Gasteiger partial charge is 0.416 e. The molecule has 1 aromatic carbocycles. The Kier molecular flexibility index (Phi) is 3.37. The minimum atomic E-state index is -4.39. The molecule has 1 aromatic heterocycles. The van der Waals surface area contributed by atoms with Crippen LogP contribution in [0.3, 0.4) is 0 Å². The maximum atomic E-state index is 12.8. The van der Waals surface area contributed by atoms with Crippen molar-refractivity contribution >= 4 is 11.5 Å². The Morgan fingerprint density at radius 1 is 1.20 bits per heavy atom. The lowest BCUT2D eigenvalue weighted by Crippen LogP contribution is -2.12. The van der Waals surface area contributed by atoms with Crippen LogP contribution in [0.25, 0.3) is 11.3 Å². The highest BCUT2D eigenvalue weighted by Gasteiger charge is 2.31. The average Bonchev–Trinajstić information content (AvgIpc) is 2.67. The Hall–Kier alpha value is -2.18. The molecule has 2 N–H and O–H groups in total. The number of aromatic nitrogens is 2. The molecule has 0 aliphatic heterocycles. The number of anilines is 2. The van der Waals surface area contributed by atoms with E-state index in [0.717, 1.165) is 12.1 Å². The number of hydrogen-bond acceptors (Lipinski definition) is 3. The molecular weight excluding hydrogens is 269 g/mol. The van der Waals surface area contributed by atoms with Crippen LogP contribution in [0.5, 0.6) is 0 Å². The summed E-state index contributed by atoms with van der Waals surface area (Å²) in [5.41, 5.74) is 6.45. The summed E-state index contributed by atoms with van der Waals surface area (Å²) in [5, 5.41) is 4.14. The Morgan fingerprint density at radius 2 is 1.85 bits per heavy atom. The summed E-state index contributed by atoms with van der Waals surface area (Å²) in [6.07, 6.45) is -4.39. The van der Waals surface area contributed by atoms with Crippen molar-refractivity contribution in [2.24, 2.45) is 7.05 Å². The summed E-state index contributed by atoms with van der Waals surface area (Å²) >= 11 is 0. The SMILES string of the molecule is CN(C)c1ccc(C(F)(F)F)cc1-c1cc(N)n(C)n1. The molecule has 0 amide bonds. The first-order valence-electron chi connectivity index (χ1n) is 5.88. The highest BCUT2D eigenvalue weighted by molar-refractivity contribution is 5.78. The molecule has 108 valence electrons. The number of nitrogens with two attached hydrogens (primary N) is 1. The molecule has 0 radical (unpaired) electrons. The van der Waals surface area contributed by atoms with Gasteiger partial charge in [-0.15, -0.1) is 0 Å². The highest BCUT2D eigenvalue weighted by atomic mass is 19.4. The van der Waals surface area contributed by atoms with E-state index in [1.165, 1.54) is 10.7 Å². The van der Waals surface area contributed by atoms with Gasteiger partial charge in [0.05, 0.1) is 11.3 Å². The van der Waals surface area contributed by atoms with E-state index in [9.17, 15) is 13.2 Å². The monoisotopic (exact) mass is 284 g/mol. The zero-order valence-electron chi connectivity index (χ0n) is 11.4. The molecular formula is C13H15F3N4. The molecule has 20 heavy (non-hydrogen) atoms. The molecule has 2 rings (SSSR count). The second-order valence-corrected chi connectivity index (χ2v) is 4.70. The second-order valence-electron chi connectivity index (χ2n) is 4.70. The van der Waals surface area contributed by atoms with E-state index >= 15 is 0 Å². The first-order valence-corrected chi connectivity index (χ1v) is 5.88. The van der Waals surface area contributed by atoms with E-state index in [1.807, 2.05) is 0 Å². The maximum Gasteiger partial charge on any atom is 0.416 e. The summed E-state index contributed by atoms with van der Waals surface area (Å²) in [4.78, 5) is 1.74. The van der Waals surface area contributed by atoms with Crippen molar-refractivity contribution in [2.75, 3.05) is 24.7 Å². The molecule has 2 aromatic rings. The Balaban J connectivity index is 2.64. The summed E-state index contributed by atoms with van der Waals surface area (Å²) in [6, 6.07) is 5.15. The summed E-state index contributed by atoms with van der Waals surface area (Å²) in [7, 11) is 5.17. The highest BCUT2D eigenvalue weighted by Crippen LogP contribution is 2.36. The van der Waals surface area contributed by atoms with Crippen LogP contribution in [0.1, 0.15) is 5.56 Å². The lowest BCUT2D eigenvalue weighted by molar-refractivity contribution is -0.137. The van der Waals surface area contributed by atoms with Gasteiger partial charge in [0.25, 0.3) is 0 Å². The van der Waals surface area contributed by atoms with Gasteiger partial charge in [0.1, 0.15) is 5.82 Å².